The van der Waals surface area contributed by atoms with Gasteiger partial charge in [-0.25, -0.2) is 0 Å². The minimum Gasteiger partial charge on any atom is -0.436 e. The number of aliphatic hydroxyl groups excluding tert-OH is 2. The molecule has 0 rings (SSSR count). The van der Waals surface area contributed by atoms with E-state index in [9.17, 15) is 5.11 Å². The molecule has 4 nitrogen and oxygen atoms in total. The zero-order valence-corrected chi connectivity index (χ0v) is 15.9. The molecule has 2 N–H and O–H groups in total. The van der Waals surface area contributed by atoms with E-state index in [-0.39, 0.29) is 6.61 Å². The molecule has 0 saturated heterocycles. The van der Waals surface area contributed by atoms with Gasteiger partial charge in [0.05, 0.1) is 12.7 Å². The molecule has 6 heteroatoms. The Morgan fingerprint density at radius 3 is 2.10 bits per heavy atom. The van der Waals surface area contributed by atoms with Crippen LogP contribution >= 0.6 is 0 Å². The van der Waals surface area contributed by atoms with Crippen molar-refractivity contribution in [3.63, 3.8) is 0 Å². The molecule has 2 atom stereocenters. The molecule has 20 heavy (non-hydrogen) atoms. The summed E-state index contributed by atoms with van der Waals surface area (Å²) in [6, 6.07) is 1.38. The van der Waals surface area contributed by atoms with Gasteiger partial charge in [0.15, 0.2) is 8.32 Å². The van der Waals surface area contributed by atoms with Crippen LogP contribution in [0.15, 0.2) is 0 Å². The molecule has 0 aliphatic carbocycles. The SMILES string of the molecule is CCCCCCC[Si](CC(O)CO)(OC)O[Si](C)(C)C. The highest BCUT2D eigenvalue weighted by Gasteiger charge is 2.41. The van der Waals surface area contributed by atoms with Crippen LogP contribution in [0, 0.1) is 0 Å². The van der Waals surface area contributed by atoms with Crippen molar-refractivity contribution in [2.24, 2.45) is 0 Å². The first-order valence-electron chi connectivity index (χ1n) is 7.83. The fourth-order valence-electron chi connectivity index (χ4n) is 2.40. The van der Waals surface area contributed by atoms with Gasteiger partial charge in [0, 0.05) is 13.2 Å². The van der Waals surface area contributed by atoms with Crippen molar-refractivity contribution in [1.82, 2.24) is 0 Å². The van der Waals surface area contributed by atoms with Crippen LogP contribution in [0.4, 0.5) is 0 Å². The van der Waals surface area contributed by atoms with E-state index in [0.717, 1.165) is 12.5 Å². The fourth-order valence-corrected chi connectivity index (χ4v) is 10.2. The second kappa shape index (κ2) is 10.1. The number of unbranched alkanes of at least 4 members (excludes halogenated alkanes) is 4. The van der Waals surface area contributed by atoms with Crippen LogP contribution in [0.2, 0.25) is 31.7 Å². The predicted octanol–water partition coefficient (Wildman–Crippen LogP) is 3.25. The molecule has 0 amide bonds. The summed E-state index contributed by atoms with van der Waals surface area (Å²) in [6.45, 7) is 8.44. The van der Waals surface area contributed by atoms with Crippen molar-refractivity contribution in [3.05, 3.63) is 0 Å². The molecule has 0 aromatic carbocycles. The Kier molecular flexibility index (Phi) is 10.2. The quantitative estimate of drug-likeness (QED) is 0.428. The number of hydrogen-bond acceptors (Lipinski definition) is 4. The van der Waals surface area contributed by atoms with Crippen molar-refractivity contribution in [3.8, 4) is 0 Å². The number of aliphatic hydroxyl groups is 2. The highest BCUT2D eigenvalue weighted by atomic mass is 28.4. The lowest BCUT2D eigenvalue weighted by Gasteiger charge is -2.36. The summed E-state index contributed by atoms with van der Waals surface area (Å²) >= 11 is 0. The Morgan fingerprint density at radius 2 is 1.65 bits per heavy atom. The third-order valence-electron chi connectivity index (χ3n) is 3.28. The third-order valence-corrected chi connectivity index (χ3v) is 10.2. The zero-order chi connectivity index (χ0) is 15.6. The molecule has 0 spiro atoms. The minimum absolute atomic E-state index is 0.219. The van der Waals surface area contributed by atoms with Gasteiger partial charge in [-0.3, -0.25) is 0 Å². The van der Waals surface area contributed by atoms with Gasteiger partial charge >= 0.3 is 8.56 Å². The number of rotatable bonds is 12. The van der Waals surface area contributed by atoms with Crippen molar-refractivity contribution < 1.29 is 18.8 Å². The van der Waals surface area contributed by atoms with E-state index in [2.05, 4.69) is 26.6 Å². The molecule has 0 bridgehead atoms. The smallest absolute Gasteiger partial charge is 0.330 e. The molecular formula is C14H34O4Si2. The van der Waals surface area contributed by atoms with E-state index >= 15 is 0 Å². The van der Waals surface area contributed by atoms with E-state index < -0.39 is 23.0 Å². The third kappa shape index (κ3) is 9.25. The second-order valence-corrected chi connectivity index (χ2v) is 14.7. The summed E-state index contributed by atoms with van der Waals surface area (Å²) < 4.78 is 12.1. The lowest BCUT2D eigenvalue weighted by molar-refractivity contribution is 0.0998. The van der Waals surface area contributed by atoms with Gasteiger partial charge < -0.3 is 18.8 Å². The Labute approximate surface area is 126 Å². The largest absolute Gasteiger partial charge is 0.436 e. The highest BCUT2D eigenvalue weighted by molar-refractivity contribution is 6.82. The van der Waals surface area contributed by atoms with Crippen LogP contribution in [-0.4, -0.2) is 46.9 Å². The van der Waals surface area contributed by atoms with Gasteiger partial charge in [-0.2, -0.15) is 0 Å². The van der Waals surface area contributed by atoms with Crippen LogP contribution in [0.1, 0.15) is 39.0 Å². The van der Waals surface area contributed by atoms with Gasteiger partial charge in [-0.1, -0.05) is 39.0 Å². The summed E-state index contributed by atoms with van der Waals surface area (Å²) in [5.74, 6) is 0. The lowest BCUT2D eigenvalue weighted by atomic mass is 10.2. The zero-order valence-electron chi connectivity index (χ0n) is 13.9. The summed E-state index contributed by atoms with van der Waals surface area (Å²) in [6.07, 6.45) is 5.31. The van der Waals surface area contributed by atoms with Gasteiger partial charge in [0.1, 0.15) is 0 Å². The van der Waals surface area contributed by atoms with Gasteiger partial charge in [-0.15, -0.1) is 0 Å². The first-order valence-corrected chi connectivity index (χ1v) is 13.5. The maximum absolute atomic E-state index is 9.80. The number of hydrogen-bond donors (Lipinski definition) is 2. The molecule has 0 radical (unpaired) electrons. The molecule has 2 unspecified atom stereocenters. The Balaban J connectivity index is 4.57. The van der Waals surface area contributed by atoms with Crippen LogP contribution in [0.3, 0.4) is 0 Å². The van der Waals surface area contributed by atoms with Gasteiger partial charge in [0.2, 0.25) is 0 Å². The van der Waals surface area contributed by atoms with Crippen molar-refractivity contribution >= 4 is 16.9 Å². The molecule has 0 aromatic rings. The fraction of sp³-hybridized carbons (Fsp3) is 1.00. The van der Waals surface area contributed by atoms with Crippen molar-refractivity contribution in [2.45, 2.75) is 76.9 Å². The molecule has 122 valence electrons. The molecule has 0 aromatic heterocycles. The maximum atomic E-state index is 9.80. The predicted molar refractivity (Wildman–Crippen MR) is 88.7 cm³/mol. The van der Waals surface area contributed by atoms with Gasteiger partial charge in [-0.05, 0) is 25.7 Å². The average molecular weight is 323 g/mol. The van der Waals surface area contributed by atoms with Gasteiger partial charge in [0.25, 0.3) is 0 Å². The maximum Gasteiger partial charge on any atom is 0.330 e. The first kappa shape index (κ1) is 20.3. The highest BCUT2D eigenvalue weighted by Crippen LogP contribution is 2.27. The summed E-state index contributed by atoms with van der Waals surface area (Å²) in [4.78, 5) is 0. The Morgan fingerprint density at radius 1 is 1.05 bits per heavy atom. The molecule has 0 aliphatic heterocycles. The van der Waals surface area contributed by atoms with Crippen molar-refractivity contribution in [1.29, 1.82) is 0 Å². The molecular weight excluding hydrogens is 288 g/mol. The Hall–Kier alpha value is 0.274. The Bertz CT molecular complexity index is 246. The van der Waals surface area contributed by atoms with Crippen LogP contribution in [-0.2, 0) is 8.54 Å². The summed E-state index contributed by atoms with van der Waals surface area (Å²) in [7, 11) is -2.43. The van der Waals surface area contributed by atoms with E-state index in [1.54, 1.807) is 7.11 Å². The van der Waals surface area contributed by atoms with E-state index in [0.29, 0.717) is 6.04 Å². The standard InChI is InChI=1S/C14H34O4Si2/c1-6-7-8-9-10-11-20(17-2,13-14(16)12-15)18-19(3,4)5/h14-16H,6-13H2,1-5H3. The van der Waals surface area contributed by atoms with Crippen molar-refractivity contribution in [2.75, 3.05) is 13.7 Å². The minimum atomic E-state index is -2.40. The summed E-state index contributed by atoms with van der Waals surface area (Å²) in [5.41, 5.74) is 0. The van der Waals surface area contributed by atoms with Crippen LogP contribution < -0.4 is 0 Å². The lowest BCUT2D eigenvalue weighted by Crippen LogP contribution is -2.51. The van der Waals surface area contributed by atoms with Crippen LogP contribution in [0.25, 0.3) is 0 Å². The van der Waals surface area contributed by atoms with E-state index in [4.69, 9.17) is 13.6 Å². The molecule has 0 fully saturated rings. The monoisotopic (exact) mass is 322 g/mol. The second-order valence-electron chi connectivity index (χ2n) is 6.53. The van der Waals surface area contributed by atoms with E-state index in [1.807, 2.05) is 0 Å². The van der Waals surface area contributed by atoms with E-state index in [1.165, 1.54) is 25.7 Å². The first-order chi connectivity index (χ1) is 9.28. The molecule has 0 heterocycles. The molecule has 0 saturated carbocycles. The van der Waals surface area contributed by atoms with Crippen LogP contribution in [0.5, 0.6) is 0 Å². The average Bonchev–Trinajstić information content (AvgIpc) is 2.36. The molecule has 0 aliphatic rings. The topological polar surface area (TPSA) is 58.9 Å². The summed E-state index contributed by atoms with van der Waals surface area (Å²) in [5, 5.41) is 18.9. The normalized spacial score (nSPS) is 16.9.